The van der Waals surface area contributed by atoms with Gasteiger partial charge in [-0.3, -0.25) is 18.9 Å². The second-order valence-electron chi connectivity index (χ2n) is 5.77. The summed E-state index contributed by atoms with van der Waals surface area (Å²) in [6.07, 6.45) is -2.63. The van der Waals surface area contributed by atoms with E-state index in [1.54, 1.807) is 13.8 Å². The van der Waals surface area contributed by atoms with Gasteiger partial charge in [0.1, 0.15) is 12.2 Å². The van der Waals surface area contributed by atoms with Crippen LogP contribution in [0.3, 0.4) is 0 Å². The smallest absolute Gasteiger partial charge is 0.330 e. The number of aromatic amines is 1. The maximum atomic E-state index is 13.6. The molecule has 4 unspecified atom stereocenters. The van der Waals surface area contributed by atoms with Crippen molar-refractivity contribution in [3.63, 3.8) is 0 Å². The number of hydrogen-bond donors (Lipinski definition) is 1. The highest BCUT2D eigenvalue weighted by atomic mass is 35.5. The molecule has 140 valence electrons. The highest BCUT2D eigenvalue weighted by Crippen LogP contribution is 2.61. The lowest BCUT2D eigenvalue weighted by atomic mass is 10.2. The summed E-state index contributed by atoms with van der Waals surface area (Å²) < 4.78 is 34.8. The monoisotopic (exact) mass is 434 g/mol. The fourth-order valence-electron chi connectivity index (χ4n) is 2.51. The Morgan fingerprint density at radius 1 is 1.52 bits per heavy atom. The minimum atomic E-state index is -3.10. The second-order valence-corrected chi connectivity index (χ2v) is 10.1. The summed E-state index contributed by atoms with van der Waals surface area (Å²) in [5, 5.41) is 0. The highest BCUT2D eigenvalue weighted by Gasteiger charge is 2.61. The Morgan fingerprint density at radius 2 is 2.20 bits per heavy atom. The minimum absolute atomic E-state index is 0.0209. The van der Waals surface area contributed by atoms with Crippen molar-refractivity contribution >= 4 is 41.7 Å². The van der Waals surface area contributed by atoms with Crippen molar-refractivity contribution in [1.29, 1.82) is 0 Å². The molecule has 0 aromatic carbocycles. The van der Waals surface area contributed by atoms with Gasteiger partial charge in [-0.15, -0.1) is 0 Å². The maximum Gasteiger partial charge on any atom is 0.330 e. The van der Waals surface area contributed by atoms with Crippen molar-refractivity contribution in [3.8, 4) is 0 Å². The maximum absolute atomic E-state index is 13.6. The Balaban J connectivity index is 1.94. The summed E-state index contributed by atoms with van der Waals surface area (Å²) in [6.45, 7) is 0.401. The Bertz CT molecular complexity index is 846. The van der Waals surface area contributed by atoms with Crippen LogP contribution in [-0.4, -0.2) is 38.8 Å². The SMILES string of the molecule is CC(C)OP1(=S)OCC2OC(n3cc(F)c(=O)[nH]c3=O)C(Cl)(Cl)C2O1. The van der Waals surface area contributed by atoms with Crippen LogP contribution in [0.15, 0.2) is 15.8 Å². The first-order valence-corrected chi connectivity index (χ1v) is 10.5. The molecule has 1 aromatic heterocycles. The van der Waals surface area contributed by atoms with Gasteiger partial charge in [-0.25, -0.2) is 4.79 Å². The van der Waals surface area contributed by atoms with Gasteiger partial charge in [-0.2, -0.15) is 4.39 Å². The number of rotatable bonds is 3. The molecule has 0 radical (unpaired) electrons. The molecule has 8 nitrogen and oxygen atoms in total. The van der Waals surface area contributed by atoms with E-state index in [0.717, 1.165) is 4.57 Å². The highest BCUT2D eigenvalue weighted by molar-refractivity contribution is 8.07. The van der Waals surface area contributed by atoms with Gasteiger partial charge < -0.3 is 13.8 Å². The average molecular weight is 435 g/mol. The molecular weight excluding hydrogens is 421 g/mol. The summed E-state index contributed by atoms with van der Waals surface area (Å²) in [5.41, 5.74) is -2.09. The number of nitrogens with one attached hydrogen (secondary N) is 1. The van der Waals surface area contributed by atoms with Crippen molar-refractivity contribution in [3.05, 3.63) is 32.9 Å². The average Bonchev–Trinajstić information content (AvgIpc) is 2.73. The van der Waals surface area contributed by atoms with Crippen LogP contribution < -0.4 is 11.2 Å². The number of hydrogen-bond acceptors (Lipinski definition) is 7. The number of ether oxygens (including phenoxy) is 1. The molecule has 3 heterocycles. The van der Waals surface area contributed by atoms with Gasteiger partial charge in [0, 0.05) is 0 Å². The first-order valence-electron chi connectivity index (χ1n) is 7.19. The molecule has 1 N–H and O–H groups in total. The molecular formula is C12H14Cl2FN2O6PS. The Kier molecular flexibility index (Phi) is 5.20. The molecule has 0 bridgehead atoms. The van der Waals surface area contributed by atoms with E-state index in [1.807, 2.05) is 4.98 Å². The second kappa shape index (κ2) is 6.69. The van der Waals surface area contributed by atoms with Gasteiger partial charge in [0.15, 0.2) is 10.6 Å². The van der Waals surface area contributed by atoms with E-state index < -0.39 is 46.6 Å². The molecule has 0 spiro atoms. The minimum Gasteiger partial charge on any atom is -0.346 e. The van der Waals surface area contributed by atoms with E-state index in [1.165, 1.54) is 0 Å². The van der Waals surface area contributed by atoms with Crippen LogP contribution in [0.25, 0.3) is 0 Å². The molecule has 4 atom stereocenters. The molecule has 2 fully saturated rings. The lowest BCUT2D eigenvalue weighted by Gasteiger charge is -2.36. The molecule has 0 saturated carbocycles. The standard InChI is InChI=1S/C12H14Cl2FN2O6PS/c1-5(2)22-24(25)20-4-7-8(23-24)12(13,14)10(21-7)17-3-6(15)9(18)16-11(17)19/h3,5,7-8,10H,4H2,1-2H3,(H,16,18,19). The van der Waals surface area contributed by atoms with Crippen LogP contribution in [0, 0.1) is 5.82 Å². The van der Waals surface area contributed by atoms with Crippen molar-refractivity contribution < 1.29 is 22.7 Å². The third kappa shape index (κ3) is 3.59. The molecule has 2 saturated heterocycles. The zero-order chi connectivity index (χ0) is 18.6. The molecule has 25 heavy (non-hydrogen) atoms. The van der Waals surface area contributed by atoms with Crippen LogP contribution in [-0.2, 0) is 30.1 Å². The van der Waals surface area contributed by atoms with Crippen LogP contribution in [0.4, 0.5) is 4.39 Å². The molecule has 2 aliphatic rings. The quantitative estimate of drug-likeness (QED) is 0.572. The molecule has 13 heteroatoms. The summed E-state index contributed by atoms with van der Waals surface area (Å²) >= 11 is 18.0. The van der Waals surface area contributed by atoms with Gasteiger partial charge in [0.25, 0.3) is 5.56 Å². The number of nitrogens with zero attached hydrogens (tertiary/aromatic N) is 1. The molecule has 1 aromatic rings. The van der Waals surface area contributed by atoms with E-state index in [-0.39, 0.29) is 12.7 Å². The topological polar surface area (TPSA) is 91.8 Å². The van der Waals surface area contributed by atoms with Crippen LogP contribution in [0.5, 0.6) is 0 Å². The van der Waals surface area contributed by atoms with Crippen molar-refractivity contribution in [2.75, 3.05) is 6.61 Å². The Morgan fingerprint density at radius 3 is 2.84 bits per heavy atom. The largest absolute Gasteiger partial charge is 0.346 e. The molecule has 0 amide bonds. The van der Waals surface area contributed by atoms with Crippen LogP contribution >= 0.6 is 29.9 Å². The van der Waals surface area contributed by atoms with Crippen molar-refractivity contribution in [2.24, 2.45) is 0 Å². The van der Waals surface area contributed by atoms with Gasteiger partial charge in [-0.1, -0.05) is 23.2 Å². The van der Waals surface area contributed by atoms with E-state index >= 15 is 0 Å². The molecule has 3 rings (SSSR count). The lowest BCUT2D eigenvalue weighted by molar-refractivity contribution is -0.0652. The molecule has 0 aliphatic carbocycles. The van der Waals surface area contributed by atoms with Gasteiger partial charge in [0.2, 0.25) is 5.82 Å². The Labute approximate surface area is 156 Å². The van der Waals surface area contributed by atoms with E-state index in [9.17, 15) is 14.0 Å². The van der Waals surface area contributed by atoms with Crippen LogP contribution in [0.2, 0.25) is 0 Å². The normalized spacial score (nSPS) is 34.2. The third-order valence-electron chi connectivity index (χ3n) is 3.51. The van der Waals surface area contributed by atoms with Gasteiger partial charge >= 0.3 is 12.4 Å². The number of aromatic nitrogens is 2. The summed E-state index contributed by atoms with van der Waals surface area (Å²) in [7, 11) is 0. The van der Waals surface area contributed by atoms with E-state index in [4.69, 9.17) is 53.3 Å². The zero-order valence-electron chi connectivity index (χ0n) is 13.0. The van der Waals surface area contributed by atoms with Gasteiger partial charge in [-0.05, 0) is 25.7 Å². The predicted octanol–water partition coefficient (Wildman–Crippen LogP) is 1.81. The summed E-state index contributed by atoms with van der Waals surface area (Å²) in [5.74, 6) is -1.19. The third-order valence-corrected chi connectivity index (χ3v) is 6.77. The van der Waals surface area contributed by atoms with Gasteiger partial charge in [0.05, 0.1) is 18.9 Å². The van der Waals surface area contributed by atoms with Crippen LogP contribution in [0.1, 0.15) is 20.1 Å². The van der Waals surface area contributed by atoms with Crippen molar-refractivity contribution in [1.82, 2.24) is 9.55 Å². The first-order chi connectivity index (χ1) is 11.5. The fourth-order valence-corrected chi connectivity index (χ4v) is 5.90. The van der Waals surface area contributed by atoms with E-state index in [0.29, 0.717) is 6.20 Å². The lowest BCUT2D eigenvalue weighted by Crippen LogP contribution is -2.44. The number of halogens is 3. The number of H-pyrrole nitrogens is 1. The first kappa shape index (κ1) is 19.4. The Hall–Kier alpha value is -0.320. The predicted molar refractivity (Wildman–Crippen MR) is 91.0 cm³/mol. The zero-order valence-corrected chi connectivity index (χ0v) is 16.2. The fraction of sp³-hybridized carbons (Fsp3) is 0.667. The van der Waals surface area contributed by atoms with E-state index in [2.05, 4.69) is 0 Å². The number of fused-ring (bicyclic) bond motifs is 1. The number of alkyl halides is 2. The summed E-state index contributed by atoms with van der Waals surface area (Å²) in [4.78, 5) is 25.0. The van der Waals surface area contributed by atoms with Crippen molar-refractivity contribution in [2.45, 2.75) is 42.7 Å². The summed E-state index contributed by atoms with van der Waals surface area (Å²) in [6, 6.07) is 0. The molecule has 2 aliphatic heterocycles.